The Balaban J connectivity index is 3.92. The van der Waals surface area contributed by atoms with Crippen molar-refractivity contribution < 1.29 is 9.90 Å². The molecule has 0 saturated heterocycles. The highest BCUT2D eigenvalue weighted by atomic mass is 16.4. The fraction of sp³-hybridized carbons (Fsp3) is 0.286. The highest BCUT2D eigenvalue weighted by Crippen LogP contribution is 1.91. The van der Waals surface area contributed by atoms with E-state index in [1.54, 1.807) is 12.2 Å². The van der Waals surface area contributed by atoms with E-state index in [2.05, 4.69) is 0 Å². The molecular formula is C7H11NO2. The number of nitrogens with two attached hydrogens (primary N) is 1. The number of aliphatic carboxylic acids is 1. The molecule has 0 aromatic rings. The molecule has 0 saturated carbocycles. The van der Waals surface area contributed by atoms with Gasteiger partial charge in [-0.05, 0) is 6.92 Å². The Bertz CT molecular complexity index is 170. The van der Waals surface area contributed by atoms with Crippen molar-refractivity contribution in [2.45, 2.75) is 6.92 Å². The monoisotopic (exact) mass is 141 g/mol. The number of hydrogen-bond donors (Lipinski definition) is 2. The Morgan fingerprint density at radius 1 is 1.70 bits per heavy atom. The molecule has 0 rings (SSSR count). The summed E-state index contributed by atoms with van der Waals surface area (Å²) in [4.78, 5) is 10.2. The zero-order valence-corrected chi connectivity index (χ0v) is 5.87. The average molecular weight is 141 g/mol. The summed E-state index contributed by atoms with van der Waals surface area (Å²) in [6.07, 6.45) is 4.82. The van der Waals surface area contributed by atoms with Crippen LogP contribution in [0.5, 0.6) is 0 Å². The molecule has 0 bridgehead atoms. The lowest BCUT2D eigenvalue weighted by Crippen LogP contribution is -1.95. The van der Waals surface area contributed by atoms with Crippen LogP contribution in [0.2, 0.25) is 0 Å². The first-order chi connectivity index (χ1) is 4.68. The third kappa shape index (κ3) is 3.86. The second-order valence-electron chi connectivity index (χ2n) is 1.82. The van der Waals surface area contributed by atoms with Gasteiger partial charge in [0.15, 0.2) is 0 Å². The first-order valence-corrected chi connectivity index (χ1v) is 2.95. The summed E-state index contributed by atoms with van der Waals surface area (Å²) < 4.78 is 0. The van der Waals surface area contributed by atoms with Crippen LogP contribution in [0.25, 0.3) is 0 Å². The molecule has 3 nitrogen and oxygen atoms in total. The summed E-state index contributed by atoms with van der Waals surface area (Å²) in [7, 11) is 0. The topological polar surface area (TPSA) is 63.3 Å². The molecule has 0 aromatic carbocycles. The summed E-state index contributed by atoms with van der Waals surface area (Å²) in [5.41, 5.74) is 5.44. The fourth-order valence-electron chi connectivity index (χ4n) is 0.362. The van der Waals surface area contributed by atoms with E-state index in [0.29, 0.717) is 12.1 Å². The molecule has 0 radical (unpaired) electrons. The maximum atomic E-state index is 10.2. The summed E-state index contributed by atoms with van der Waals surface area (Å²) >= 11 is 0. The van der Waals surface area contributed by atoms with Crippen LogP contribution in [-0.4, -0.2) is 17.6 Å². The van der Waals surface area contributed by atoms with Crippen molar-refractivity contribution in [3.63, 3.8) is 0 Å². The standard InChI is InChI=1S/C7H11NO2/c1-6(7(9)10)4-2-3-5-8/h2-4H,5,8H2,1H3,(H,9,10)/b3-2-,6-4+. The Hall–Kier alpha value is -1.09. The van der Waals surface area contributed by atoms with Gasteiger partial charge in [0.25, 0.3) is 0 Å². The smallest absolute Gasteiger partial charge is 0.331 e. The Morgan fingerprint density at radius 2 is 2.30 bits per heavy atom. The molecular weight excluding hydrogens is 130 g/mol. The van der Waals surface area contributed by atoms with Gasteiger partial charge in [0.2, 0.25) is 0 Å². The largest absolute Gasteiger partial charge is 0.478 e. The van der Waals surface area contributed by atoms with Crippen molar-refractivity contribution in [2.75, 3.05) is 6.54 Å². The van der Waals surface area contributed by atoms with Gasteiger partial charge in [0.05, 0.1) is 0 Å². The normalized spacial score (nSPS) is 12.4. The van der Waals surface area contributed by atoms with Crippen molar-refractivity contribution in [1.82, 2.24) is 0 Å². The number of carboxylic acid groups (broad SMARTS) is 1. The summed E-state index contributed by atoms with van der Waals surface area (Å²) in [5.74, 6) is -0.901. The molecule has 3 N–H and O–H groups in total. The van der Waals surface area contributed by atoms with Gasteiger partial charge in [-0.2, -0.15) is 0 Å². The van der Waals surface area contributed by atoms with Crippen LogP contribution in [0.1, 0.15) is 6.92 Å². The molecule has 0 aliphatic heterocycles. The maximum Gasteiger partial charge on any atom is 0.331 e. The Labute approximate surface area is 59.8 Å². The van der Waals surface area contributed by atoms with E-state index in [4.69, 9.17) is 10.8 Å². The third-order valence-corrected chi connectivity index (χ3v) is 0.956. The van der Waals surface area contributed by atoms with Crippen molar-refractivity contribution in [3.8, 4) is 0 Å². The van der Waals surface area contributed by atoms with Crippen LogP contribution in [0, 0.1) is 0 Å². The SMILES string of the molecule is C/C(=C\C=C/CN)C(=O)O. The van der Waals surface area contributed by atoms with Crippen molar-refractivity contribution in [1.29, 1.82) is 0 Å². The molecule has 0 unspecified atom stereocenters. The van der Waals surface area contributed by atoms with Gasteiger partial charge in [-0.15, -0.1) is 0 Å². The Kier molecular flexibility index (Phi) is 4.24. The fourth-order valence-corrected chi connectivity index (χ4v) is 0.362. The van der Waals surface area contributed by atoms with E-state index >= 15 is 0 Å². The van der Waals surface area contributed by atoms with Gasteiger partial charge in [-0.1, -0.05) is 18.2 Å². The molecule has 56 valence electrons. The summed E-state index contributed by atoms with van der Waals surface area (Å²) in [6.45, 7) is 1.96. The predicted octanol–water partition coefficient (Wildman–Crippen LogP) is 0.532. The summed E-state index contributed by atoms with van der Waals surface area (Å²) in [6, 6.07) is 0. The molecule has 10 heavy (non-hydrogen) atoms. The van der Waals surface area contributed by atoms with Gasteiger partial charge >= 0.3 is 5.97 Å². The van der Waals surface area contributed by atoms with Crippen LogP contribution < -0.4 is 5.73 Å². The molecule has 0 aliphatic carbocycles. The molecule has 0 amide bonds. The van der Waals surface area contributed by atoms with E-state index in [1.165, 1.54) is 13.0 Å². The molecule has 0 atom stereocenters. The number of rotatable bonds is 3. The average Bonchev–Trinajstić information content (AvgIpc) is 1.88. The lowest BCUT2D eigenvalue weighted by Gasteiger charge is -1.86. The molecule has 0 fully saturated rings. The minimum Gasteiger partial charge on any atom is -0.478 e. The Morgan fingerprint density at radius 3 is 2.70 bits per heavy atom. The molecule has 0 heterocycles. The van der Waals surface area contributed by atoms with E-state index in [0.717, 1.165) is 0 Å². The summed E-state index contributed by atoms with van der Waals surface area (Å²) in [5, 5.41) is 8.35. The van der Waals surface area contributed by atoms with Gasteiger partial charge in [0, 0.05) is 12.1 Å². The van der Waals surface area contributed by atoms with E-state index in [-0.39, 0.29) is 0 Å². The van der Waals surface area contributed by atoms with Gasteiger partial charge in [0.1, 0.15) is 0 Å². The van der Waals surface area contributed by atoms with Gasteiger partial charge in [-0.3, -0.25) is 0 Å². The van der Waals surface area contributed by atoms with Crippen LogP contribution in [0.4, 0.5) is 0 Å². The van der Waals surface area contributed by atoms with E-state index < -0.39 is 5.97 Å². The zero-order valence-electron chi connectivity index (χ0n) is 5.87. The second-order valence-corrected chi connectivity index (χ2v) is 1.82. The van der Waals surface area contributed by atoms with E-state index in [1.807, 2.05) is 0 Å². The molecule has 3 heteroatoms. The molecule has 0 spiro atoms. The number of carbonyl (C=O) groups is 1. The van der Waals surface area contributed by atoms with Crippen LogP contribution in [-0.2, 0) is 4.79 Å². The number of hydrogen-bond acceptors (Lipinski definition) is 2. The van der Waals surface area contributed by atoms with Crippen molar-refractivity contribution in [3.05, 3.63) is 23.8 Å². The van der Waals surface area contributed by atoms with Gasteiger partial charge in [-0.25, -0.2) is 4.79 Å². The quantitative estimate of drug-likeness (QED) is 0.445. The maximum absolute atomic E-state index is 10.2. The van der Waals surface area contributed by atoms with Crippen molar-refractivity contribution in [2.24, 2.45) is 5.73 Å². The molecule has 0 aliphatic rings. The lowest BCUT2D eigenvalue weighted by molar-refractivity contribution is -0.132. The lowest BCUT2D eigenvalue weighted by atomic mass is 10.3. The highest BCUT2D eigenvalue weighted by Gasteiger charge is 1.94. The first kappa shape index (κ1) is 8.91. The number of carboxylic acids is 1. The predicted molar refractivity (Wildman–Crippen MR) is 39.6 cm³/mol. The minimum atomic E-state index is -0.901. The highest BCUT2D eigenvalue weighted by molar-refractivity contribution is 5.86. The minimum absolute atomic E-state index is 0.310. The molecule has 0 aromatic heterocycles. The van der Waals surface area contributed by atoms with Crippen LogP contribution in [0.15, 0.2) is 23.8 Å². The number of allylic oxidation sites excluding steroid dienone is 2. The zero-order chi connectivity index (χ0) is 7.98. The first-order valence-electron chi connectivity index (χ1n) is 2.95. The van der Waals surface area contributed by atoms with Crippen molar-refractivity contribution >= 4 is 5.97 Å². The van der Waals surface area contributed by atoms with Crippen LogP contribution in [0.3, 0.4) is 0 Å². The second kappa shape index (κ2) is 4.76. The van der Waals surface area contributed by atoms with E-state index in [9.17, 15) is 4.79 Å². The van der Waals surface area contributed by atoms with Crippen LogP contribution >= 0.6 is 0 Å². The third-order valence-electron chi connectivity index (χ3n) is 0.956. The van der Waals surface area contributed by atoms with Gasteiger partial charge < -0.3 is 10.8 Å².